The van der Waals surface area contributed by atoms with Gasteiger partial charge in [-0.25, -0.2) is 0 Å². The fourth-order valence-corrected chi connectivity index (χ4v) is 3.24. The second-order valence-corrected chi connectivity index (χ2v) is 6.79. The predicted octanol–water partition coefficient (Wildman–Crippen LogP) is 3.43. The van der Waals surface area contributed by atoms with E-state index < -0.39 is 5.60 Å². The summed E-state index contributed by atoms with van der Waals surface area (Å²) in [6.07, 6.45) is 1.93. The molecule has 1 heterocycles. The molecule has 1 aliphatic heterocycles. The number of hydrogen-bond donors (Lipinski definition) is 1. The van der Waals surface area contributed by atoms with Crippen LogP contribution < -0.4 is 4.74 Å². The fraction of sp³-hybridized carbons (Fsp3) is 0.381. The van der Waals surface area contributed by atoms with Crippen LogP contribution in [-0.4, -0.2) is 41.2 Å². The molecule has 1 saturated heterocycles. The van der Waals surface area contributed by atoms with Gasteiger partial charge < -0.3 is 14.7 Å². The molecule has 1 aliphatic rings. The third kappa shape index (κ3) is 4.40. The lowest BCUT2D eigenvalue weighted by Gasteiger charge is -2.27. The van der Waals surface area contributed by atoms with Crippen LogP contribution in [0.25, 0.3) is 0 Å². The minimum atomic E-state index is -0.892. The second-order valence-electron chi connectivity index (χ2n) is 6.79. The Morgan fingerprint density at radius 1 is 1.08 bits per heavy atom. The number of nitrogens with zero attached hydrogens (tertiary/aromatic N) is 1. The van der Waals surface area contributed by atoms with Crippen molar-refractivity contribution in [2.45, 2.75) is 31.8 Å². The zero-order valence-corrected chi connectivity index (χ0v) is 14.6. The molecular formula is C21H25NO3. The summed E-state index contributed by atoms with van der Waals surface area (Å²) in [5.74, 6) is 0.805. The smallest absolute Gasteiger partial charge is 0.254 e. The van der Waals surface area contributed by atoms with Crippen molar-refractivity contribution in [3.8, 4) is 5.75 Å². The lowest BCUT2D eigenvalue weighted by Crippen LogP contribution is -2.38. The van der Waals surface area contributed by atoms with Gasteiger partial charge in [0.1, 0.15) is 18.0 Å². The Balaban J connectivity index is 1.61. The number of carbonyl (C=O) groups excluding carboxylic acids is 1. The van der Waals surface area contributed by atoms with Gasteiger partial charge in [0.2, 0.25) is 0 Å². The van der Waals surface area contributed by atoms with Gasteiger partial charge in [-0.15, -0.1) is 0 Å². The number of benzene rings is 2. The van der Waals surface area contributed by atoms with Gasteiger partial charge in [0.05, 0.1) is 0 Å². The third-order valence-electron chi connectivity index (χ3n) is 4.83. The Morgan fingerprint density at radius 3 is 2.56 bits per heavy atom. The number of para-hydroxylation sites is 1. The fourth-order valence-electron chi connectivity index (χ4n) is 3.24. The first kappa shape index (κ1) is 17.5. The van der Waals surface area contributed by atoms with Crippen LogP contribution >= 0.6 is 0 Å². The average molecular weight is 339 g/mol. The van der Waals surface area contributed by atoms with Gasteiger partial charge in [0.15, 0.2) is 0 Å². The maximum Gasteiger partial charge on any atom is 0.254 e. The van der Waals surface area contributed by atoms with Crippen LogP contribution in [0.5, 0.6) is 5.75 Å². The van der Waals surface area contributed by atoms with Crippen LogP contribution in [0.3, 0.4) is 0 Å². The third-order valence-corrected chi connectivity index (χ3v) is 4.83. The van der Waals surface area contributed by atoms with Crippen molar-refractivity contribution >= 4 is 5.91 Å². The number of carbonyl (C=O) groups is 1. The molecule has 0 spiro atoms. The Labute approximate surface area is 149 Å². The molecule has 1 atom stereocenters. The van der Waals surface area contributed by atoms with E-state index in [4.69, 9.17) is 4.74 Å². The molecule has 4 nitrogen and oxygen atoms in total. The largest absolute Gasteiger partial charge is 0.491 e. The van der Waals surface area contributed by atoms with E-state index in [-0.39, 0.29) is 12.5 Å². The van der Waals surface area contributed by atoms with E-state index in [0.717, 1.165) is 23.3 Å². The molecule has 132 valence electrons. The first-order valence-corrected chi connectivity index (χ1v) is 8.83. The first-order valence-electron chi connectivity index (χ1n) is 8.83. The van der Waals surface area contributed by atoms with Crippen molar-refractivity contribution in [1.29, 1.82) is 0 Å². The summed E-state index contributed by atoms with van der Waals surface area (Å²) in [6.45, 7) is 3.42. The predicted molar refractivity (Wildman–Crippen MR) is 97.8 cm³/mol. The molecule has 4 heteroatoms. The number of aryl methyl sites for hydroxylation is 1. The molecule has 0 aliphatic carbocycles. The molecule has 1 N–H and O–H groups in total. The highest BCUT2D eigenvalue weighted by molar-refractivity contribution is 5.95. The molecule has 1 unspecified atom stereocenters. The topological polar surface area (TPSA) is 49.8 Å². The van der Waals surface area contributed by atoms with Gasteiger partial charge in [-0.3, -0.25) is 4.79 Å². The SMILES string of the molecule is Cc1ccccc1C(=O)N1CCCC(O)(COc2ccccc2)CC1. The van der Waals surface area contributed by atoms with Gasteiger partial charge in [0, 0.05) is 18.7 Å². The summed E-state index contributed by atoms with van der Waals surface area (Å²) in [7, 11) is 0. The molecule has 1 fully saturated rings. The van der Waals surface area contributed by atoms with E-state index in [1.807, 2.05) is 66.4 Å². The van der Waals surface area contributed by atoms with Gasteiger partial charge in [-0.1, -0.05) is 36.4 Å². The molecule has 1 amide bonds. The molecule has 0 aromatic heterocycles. The highest BCUT2D eigenvalue weighted by atomic mass is 16.5. The monoisotopic (exact) mass is 339 g/mol. The number of aliphatic hydroxyl groups is 1. The van der Waals surface area contributed by atoms with Crippen molar-refractivity contribution < 1.29 is 14.6 Å². The van der Waals surface area contributed by atoms with Gasteiger partial charge >= 0.3 is 0 Å². The molecule has 2 aromatic carbocycles. The molecule has 3 rings (SSSR count). The number of likely N-dealkylation sites (tertiary alicyclic amines) is 1. The first-order chi connectivity index (χ1) is 12.1. The highest BCUT2D eigenvalue weighted by Crippen LogP contribution is 2.25. The van der Waals surface area contributed by atoms with Crippen molar-refractivity contribution in [2.24, 2.45) is 0 Å². The molecular weight excluding hydrogens is 314 g/mol. The van der Waals surface area contributed by atoms with E-state index in [1.54, 1.807) is 0 Å². The molecule has 2 aromatic rings. The van der Waals surface area contributed by atoms with Crippen molar-refractivity contribution in [3.05, 3.63) is 65.7 Å². The van der Waals surface area contributed by atoms with Crippen molar-refractivity contribution in [1.82, 2.24) is 4.90 Å². The Kier molecular flexibility index (Phi) is 5.39. The van der Waals surface area contributed by atoms with Crippen molar-refractivity contribution in [2.75, 3.05) is 19.7 Å². The quantitative estimate of drug-likeness (QED) is 0.928. The van der Waals surface area contributed by atoms with Gasteiger partial charge in [0.25, 0.3) is 5.91 Å². The Bertz CT molecular complexity index is 716. The summed E-state index contributed by atoms with van der Waals surface area (Å²) >= 11 is 0. The molecule has 0 radical (unpaired) electrons. The zero-order chi connectivity index (χ0) is 17.7. The van der Waals surface area contributed by atoms with Crippen molar-refractivity contribution in [3.63, 3.8) is 0 Å². The van der Waals surface area contributed by atoms with E-state index in [9.17, 15) is 9.90 Å². The van der Waals surface area contributed by atoms with Crippen LogP contribution in [0.15, 0.2) is 54.6 Å². The minimum absolute atomic E-state index is 0.0475. The van der Waals surface area contributed by atoms with Gasteiger partial charge in [-0.05, 0) is 49.9 Å². The summed E-state index contributed by atoms with van der Waals surface area (Å²) in [5, 5.41) is 10.9. The molecule has 25 heavy (non-hydrogen) atoms. The number of hydrogen-bond acceptors (Lipinski definition) is 3. The maximum absolute atomic E-state index is 12.8. The van der Waals surface area contributed by atoms with Crippen LogP contribution in [0.2, 0.25) is 0 Å². The van der Waals surface area contributed by atoms with Gasteiger partial charge in [-0.2, -0.15) is 0 Å². The maximum atomic E-state index is 12.8. The molecule has 0 saturated carbocycles. The van der Waals surface area contributed by atoms with E-state index in [0.29, 0.717) is 25.9 Å². The summed E-state index contributed by atoms with van der Waals surface area (Å²) in [5.41, 5.74) is 0.837. The zero-order valence-electron chi connectivity index (χ0n) is 14.6. The standard InChI is InChI=1S/C21H25NO3/c1-17-8-5-6-11-19(17)20(23)22-14-7-12-21(24,13-15-22)16-25-18-9-3-2-4-10-18/h2-6,8-11,24H,7,12-16H2,1H3. The second kappa shape index (κ2) is 7.70. The van der Waals surface area contributed by atoms with Crippen LogP contribution in [-0.2, 0) is 0 Å². The summed E-state index contributed by atoms with van der Waals surface area (Å²) in [6, 6.07) is 17.2. The van der Waals surface area contributed by atoms with E-state index in [2.05, 4.69) is 0 Å². The Hall–Kier alpha value is -2.33. The number of rotatable bonds is 4. The van der Waals surface area contributed by atoms with Crippen LogP contribution in [0.1, 0.15) is 35.2 Å². The highest BCUT2D eigenvalue weighted by Gasteiger charge is 2.32. The normalized spacial score (nSPS) is 20.8. The lowest BCUT2D eigenvalue weighted by molar-refractivity contribution is -0.0163. The number of amides is 1. The van der Waals surface area contributed by atoms with E-state index >= 15 is 0 Å². The van der Waals surface area contributed by atoms with E-state index in [1.165, 1.54) is 0 Å². The summed E-state index contributed by atoms with van der Waals surface area (Å²) < 4.78 is 5.75. The van der Waals surface area contributed by atoms with Crippen LogP contribution in [0.4, 0.5) is 0 Å². The minimum Gasteiger partial charge on any atom is -0.491 e. The lowest BCUT2D eigenvalue weighted by atomic mass is 9.96. The Morgan fingerprint density at radius 2 is 1.80 bits per heavy atom. The number of ether oxygens (including phenoxy) is 1. The molecule has 0 bridgehead atoms. The summed E-state index contributed by atoms with van der Waals surface area (Å²) in [4.78, 5) is 14.6. The average Bonchev–Trinajstić information content (AvgIpc) is 2.83. The van der Waals surface area contributed by atoms with Crippen LogP contribution in [0, 0.1) is 6.92 Å².